The SMILES string of the molecule is COc1ccc(O)c(CN2CCc3c(nc(C4CCCCC4)[nH]c3=O)C2)c1. The molecule has 1 aromatic heterocycles. The average Bonchev–Trinajstić information content (AvgIpc) is 2.70. The van der Waals surface area contributed by atoms with Crippen molar-refractivity contribution in [1.82, 2.24) is 14.9 Å². The van der Waals surface area contributed by atoms with Gasteiger partial charge in [-0.2, -0.15) is 0 Å². The standard InChI is InChI=1S/C21H27N3O3/c1-27-16-7-8-19(25)15(11-16)12-24-10-9-17-18(13-24)22-20(23-21(17)26)14-5-3-2-4-6-14/h7-8,11,14,25H,2-6,9-10,12-13H2,1H3,(H,22,23,26). The summed E-state index contributed by atoms with van der Waals surface area (Å²) in [5, 5.41) is 10.2. The molecule has 2 aliphatic rings. The summed E-state index contributed by atoms with van der Waals surface area (Å²) in [6, 6.07) is 5.28. The van der Waals surface area contributed by atoms with E-state index < -0.39 is 0 Å². The van der Waals surface area contributed by atoms with Crippen LogP contribution in [0.1, 0.15) is 60.7 Å². The van der Waals surface area contributed by atoms with Crippen LogP contribution < -0.4 is 10.3 Å². The second-order valence-corrected chi connectivity index (χ2v) is 7.67. The van der Waals surface area contributed by atoms with Gasteiger partial charge in [-0.3, -0.25) is 9.69 Å². The molecule has 4 rings (SSSR count). The summed E-state index contributed by atoms with van der Waals surface area (Å²) in [5.41, 5.74) is 2.58. The van der Waals surface area contributed by atoms with Gasteiger partial charge in [0, 0.05) is 36.7 Å². The maximum atomic E-state index is 12.6. The number of nitrogens with zero attached hydrogens (tertiary/aromatic N) is 2. The summed E-state index contributed by atoms with van der Waals surface area (Å²) >= 11 is 0. The second-order valence-electron chi connectivity index (χ2n) is 7.67. The lowest BCUT2D eigenvalue weighted by atomic mass is 9.88. The first kappa shape index (κ1) is 18.0. The highest BCUT2D eigenvalue weighted by molar-refractivity contribution is 5.39. The third-order valence-corrected chi connectivity index (χ3v) is 5.84. The number of aromatic nitrogens is 2. The highest BCUT2D eigenvalue weighted by Gasteiger charge is 2.25. The Hall–Kier alpha value is -2.34. The number of methoxy groups -OCH3 is 1. The molecular formula is C21H27N3O3. The Morgan fingerprint density at radius 1 is 1.30 bits per heavy atom. The van der Waals surface area contributed by atoms with Crippen molar-refractivity contribution in [3.8, 4) is 11.5 Å². The molecule has 27 heavy (non-hydrogen) atoms. The number of nitrogens with one attached hydrogen (secondary N) is 1. The third kappa shape index (κ3) is 3.86. The number of aromatic amines is 1. The van der Waals surface area contributed by atoms with Gasteiger partial charge in [0.1, 0.15) is 17.3 Å². The van der Waals surface area contributed by atoms with Gasteiger partial charge in [-0.25, -0.2) is 4.98 Å². The molecule has 2 heterocycles. The lowest BCUT2D eigenvalue weighted by Gasteiger charge is -2.29. The van der Waals surface area contributed by atoms with Crippen LogP contribution in [0, 0.1) is 0 Å². The molecule has 0 saturated heterocycles. The van der Waals surface area contributed by atoms with Crippen molar-refractivity contribution in [3.05, 3.63) is 51.2 Å². The molecule has 2 aromatic rings. The Morgan fingerprint density at radius 3 is 2.89 bits per heavy atom. The monoisotopic (exact) mass is 369 g/mol. The Labute approximate surface area is 159 Å². The van der Waals surface area contributed by atoms with E-state index in [0.29, 0.717) is 25.4 Å². The van der Waals surface area contributed by atoms with Crippen molar-refractivity contribution in [1.29, 1.82) is 0 Å². The fourth-order valence-electron chi connectivity index (χ4n) is 4.27. The van der Waals surface area contributed by atoms with E-state index in [-0.39, 0.29) is 11.3 Å². The Bertz CT molecular complexity index is 871. The van der Waals surface area contributed by atoms with Gasteiger partial charge in [0.2, 0.25) is 0 Å². The molecule has 0 bridgehead atoms. The van der Waals surface area contributed by atoms with Crippen molar-refractivity contribution in [2.24, 2.45) is 0 Å². The number of phenolic OH excluding ortho intramolecular Hbond substituents is 1. The van der Waals surface area contributed by atoms with E-state index in [9.17, 15) is 9.90 Å². The van der Waals surface area contributed by atoms with Crippen LogP contribution in [-0.2, 0) is 19.5 Å². The zero-order valence-corrected chi connectivity index (χ0v) is 15.8. The number of benzene rings is 1. The number of H-pyrrole nitrogens is 1. The second kappa shape index (κ2) is 7.72. The molecule has 1 saturated carbocycles. The van der Waals surface area contributed by atoms with Crippen LogP contribution in [0.4, 0.5) is 0 Å². The Morgan fingerprint density at radius 2 is 2.11 bits per heavy atom. The molecule has 144 valence electrons. The van der Waals surface area contributed by atoms with Gasteiger partial charge in [0.15, 0.2) is 0 Å². The van der Waals surface area contributed by atoms with Crippen molar-refractivity contribution in [2.75, 3.05) is 13.7 Å². The molecule has 1 aliphatic carbocycles. The number of phenols is 1. The number of aromatic hydroxyl groups is 1. The first-order valence-corrected chi connectivity index (χ1v) is 9.84. The van der Waals surface area contributed by atoms with Gasteiger partial charge in [-0.15, -0.1) is 0 Å². The smallest absolute Gasteiger partial charge is 0.254 e. The van der Waals surface area contributed by atoms with Gasteiger partial charge < -0.3 is 14.8 Å². The number of ether oxygens (including phenoxy) is 1. The predicted molar refractivity (Wildman–Crippen MR) is 103 cm³/mol. The van der Waals surface area contributed by atoms with Crippen molar-refractivity contribution < 1.29 is 9.84 Å². The first-order chi connectivity index (χ1) is 13.1. The predicted octanol–water partition coefficient (Wildman–Crippen LogP) is 3.09. The molecule has 1 aromatic carbocycles. The van der Waals surface area contributed by atoms with Gasteiger partial charge in [0.25, 0.3) is 5.56 Å². The highest BCUT2D eigenvalue weighted by atomic mass is 16.5. The molecule has 0 amide bonds. The largest absolute Gasteiger partial charge is 0.508 e. The first-order valence-electron chi connectivity index (χ1n) is 9.84. The van der Waals surface area contributed by atoms with Crippen molar-refractivity contribution >= 4 is 0 Å². The van der Waals surface area contributed by atoms with Gasteiger partial charge >= 0.3 is 0 Å². The molecule has 0 unspecified atom stereocenters. The molecule has 0 atom stereocenters. The maximum absolute atomic E-state index is 12.6. The third-order valence-electron chi connectivity index (χ3n) is 5.84. The minimum atomic E-state index is 0.0319. The summed E-state index contributed by atoms with van der Waals surface area (Å²) in [6.45, 7) is 2.02. The number of hydrogen-bond acceptors (Lipinski definition) is 5. The molecule has 6 heteroatoms. The van der Waals surface area contributed by atoms with E-state index in [0.717, 1.165) is 47.8 Å². The summed E-state index contributed by atoms with van der Waals surface area (Å²) in [7, 11) is 1.62. The van der Waals surface area contributed by atoms with Crippen LogP contribution in [0.2, 0.25) is 0 Å². The Kier molecular flexibility index (Phi) is 5.16. The number of rotatable bonds is 4. The summed E-state index contributed by atoms with van der Waals surface area (Å²) in [5.74, 6) is 2.25. The minimum Gasteiger partial charge on any atom is -0.508 e. The Balaban J connectivity index is 1.55. The van der Waals surface area contributed by atoms with Crippen LogP contribution in [-0.4, -0.2) is 33.6 Å². The van der Waals surface area contributed by atoms with Crippen molar-refractivity contribution in [3.63, 3.8) is 0 Å². The summed E-state index contributed by atoms with van der Waals surface area (Å²) in [4.78, 5) is 22.7. The van der Waals surface area contributed by atoms with Gasteiger partial charge in [-0.05, 0) is 37.5 Å². The normalized spacial score (nSPS) is 18.3. The molecule has 6 nitrogen and oxygen atoms in total. The van der Waals surface area contributed by atoms with E-state index in [2.05, 4.69) is 9.88 Å². The average molecular weight is 369 g/mol. The van der Waals surface area contributed by atoms with Crippen LogP contribution >= 0.6 is 0 Å². The molecule has 1 aliphatic heterocycles. The van der Waals surface area contributed by atoms with E-state index in [1.54, 1.807) is 19.2 Å². The molecule has 0 spiro atoms. The lowest BCUT2D eigenvalue weighted by molar-refractivity contribution is 0.236. The van der Waals surface area contributed by atoms with Crippen molar-refractivity contribution in [2.45, 2.75) is 57.5 Å². The maximum Gasteiger partial charge on any atom is 0.254 e. The highest BCUT2D eigenvalue weighted by Crippen LogP contribution is 2.31. The molecule has 1 fully saturated rings. The number of fused-ring (bicyclic) bond motifs is 1. The zero-order valence-electron chi connectivity index (χ0n) is 15.8. The van der Waals surface area contributed by atoms with E-state index in [4.69, 9.17) is 9.72 Å². The summed E-state index contributed by atoms with van der Waals surface area (Å²) < 4.78 is 5.27. The van der Waals surface area contributed by atoms with Crippen LogP contribution in [0.15, 0.2) is 23.0 Å². The lowest BCUT2D eigenvalue weighted by Crippen LogP contribution is -2.35. The van der Waals surface area contributed by atoms with Gasteiger partial charge in [-0.1, -0.05) is 19.3 Å². The fraction of sp³-hybridized carbons (Fsp3) is 0.524. The molecular weight excluding hydrogens is 342 g/mol. The molecule has 0 radical (unpaired) electrons. The van der Waals surface area contributed by atoms with E-state index >= 15 is 0 Å². The topological polar surface area (TPSA) is 78.5 Å². The van der Waals surface area contributed by atoms with Crippen LogP contribution in [0.5, 0.6) is 11.5 Å². The minimum absolute atomic E-state index is 0.0319. The van der Waals surface area contributed by atoms with E-state index in [1.807, 2.05) is 6.07 Å². The fourth-order valence-corrected chi connectivity index (χ4v) is 4.27. The van der Waals surface area contributed by atoms with Gasteiger partial charge in [0.05, 0.1) is 12.8 Å². The molecule has 2 N–H and O–H groups in total. The van der Waals surface area contributed by atoms with Crippen LogP contribution in [0.3, 0.4) is 0 Å². The number of hydrogen-bond donors (Lipinski definition) is 2. The van der Waals surface area contributed by atoms with E-state index in [1.165, 1.54) is 19.3 Å². The van der Waals surface area contributed by atoms with Crippen LogP contribution in [0.25, 0.3) is 0 Å². The zero-order chi connectivity index (χ0) is 18.8. The summed E-state index contributed by atoms with van der Waals surface area (Å²) in [6.07, 6.45) is 6.63. The quantitative estimate of drug-likeness (QED) is 0.866.